The fraction of sp³-hybridized carbons (Fsp3) is 0. The third-order valence-corrected chi connectivity index (χ3v) is 0. The van der Waals surface area contributed by atoms with E-state index in [9.17, 15) is 0 Å². The smallest absolute Gasteiger partial charge is 0 e. The van der Waals surface area contributed by atoms with Crippen LogP contribution in [0, 0.1) is 0 Å². The van der Waals surface area contributed by atoms with Gasteiger partial charge in [0.2, 0.25) is 0 Å². The minimum Gasteiger partial charge on any atom is 0 e. The normalized spacial score (nSPS) is 0. The molecule has 0 fully saturated rings. The summed E-state index contributed by atoms with van der Waals surface area (Å²) in [6, 6.07) is 0. The Bertz CT molecular complexity index is 6.00. The summed E-state index contributed by atoms with van der Waals surface area (Å²) in [4.78, 5) is 0. The van der Waals surface area contributed by atoms with Gasteiger partial charge in [-0.15, -0.1) is 0 Å². The van der Waals surface area contributed by atoms with Crippen molar-refractivity contribution in [2.45, 2.75) is 0 Å². The fourth-order valence-corrected chi connectivity index (χ4v) is 0. The van der Waals surface area contributed by atoms with Crippen molar-refractivity contribution in [3.63, 3.8) is 0 Å². The van der Waals surface area contributed by atoms with Crippen LogP contribution in [0.15, 0.2) is 0 Å². The number of hydrogen-bond donors (Lipinski definition) is 0. The third kappa shape index (κ3) is 8.84. The fourth-order valence-electron chi connectivity index (χ4n) is 0. The molecular formula is H8Al2CuMg. The molecule has 0 unspecified atom stereocenters. The Kier molecular flexibility index (Phi) is 151. The van der Waals surface area contributed by atoms with E-state index >= 15 is 0 Å². The van der Waals surface area contributed by atoms with Gasteiger partial charge in [-0.05, 0) is 0 Å². The molecular weight excluding hydrogens is 142 g/mol. The molecule has 0 aromatic rings. The largest absolute Gasteiger partial charge is 0.316 e. The first-order chi connectivity index (χ1) is 0. The Morgan fingerprint density at radius 3 is 0.750 bits per heavy atom. The molecule has 1 radical (unpaired) electrons. The average Bonchev–Trinajstić information content (AvgIpc) is 0. The molecule has 0 atom stereocenters. The van der Waals surface area contributed by atoms with Crippen LogP contribution in [-0.4, -0.2) is 57.8 Å². The summed E-state index contributed by atoms with van der Waals surface area (Å²) >= 11 is 0. The van der Waals surface area contributed by atoms with Gasteiger partial charge in [-0.1, -0.05) is 0 Å². The van der Waals surface area contributed by atoms with Gasteiger partial charge in [0, 0.05) is 17.1 Å². The van der Waals surface area contributed by atoms with Crippen molar-refractivity contribution in [2.24, 2.45) is 0 Å². The van der Waals surface area contributed by atoms with Gasteiger partial charge < -0.3 is 0 Å². The van der Waals surface area contributed by atoms with Crippen molar-refractivity contribution in [3.8, 4) is 0 Å². The second kappa shape index (κ2) is 18.3. The zero-order valence-corrected chi connectivity index (χ0v) is 1.24. The van der Waals surface area contributed by atoms with Crippen molar-refractivity contribution in [1.82, 2.24) is 0 Å². The van der Waals surface area contributed by atoms with Gasteiger partial charge in [0.25, 0.3) is 0 Å². The number of hydrogen-bond acceptors (Lipinski definition) is 0. The molecule has 4 heteroatoms. The van der Waals surface area contributed by atoms with Crippen LogP contribution in [0.4, 0.5) is 0 Å². The van der Waals surface area contributed by atoms with Gasteiger partial charge in [-0.2, -0.15) is 0 Å². The van der Waals surface area contributed by atoms with Crippen LogP contribution >= 0.6 is 0 Å². The first kappa shape index (κ1) is 32.9. The molecule has 0 aliphatic rings. The summed E-state index contributed by atoms with van der Waals surface area (Å²) in [7, 11) is 0. The first-order valence-corrected chi connectivity index (χ1v) is 0. The van der Waals surface area contributed by atoms with Crippen molar-refractivity contribution in [1.29, 1.82) is 0 Å². The van der Waals surface area contributed by atoms with Crippen LogP contribution in [0.5, 0.6) is 0 Å². The van der Waals surface area contributed by atoms with Gasteiger partial charge >= 0.3 is 23.1 Å². The first-order valence-electron chi connectivity index (χ1n) is 0. The zero-order chi connectivity index (χ0) is 0. The van der Waals surface area contributed by atoms with E-state index < -0.39 is 0 Å². The topological polar surface area (TPSA) is 0 Å². The zero-order valence-electron chi connectivity index (χ0n) is 0.302. The van der Waals surface area contributed by atoms with Crippen LogP contribution in [-0.2, 0) is 17.1 Å². The molecule has 0 aromatic carbocycles. The van der Waals surface area contributed by atoms with Gasteiger partial charge in [-0.3, -0.25) is 0 Å². The molecule has 0 aromatic heterocycles. The van der Waals surface area contributed by atoms with Gasteiger partial charge in [0.15, 0.2) is 34.7 Å². The summed E-state index contributed by atoms with van der Waals surface area (Å²) in [6.07, 6.45) is 0. The Balaban J connectivity index is 0. The monoisotopic (exact) mass is 149 g/mol. The molecule has 0 heterocycles. The predicted octanol–water partition coefficient (Wildman–Crippen LogP) is -3.29. The van der Waals surface area contributed by atoms with E-state index in [1.165, 1.54) is 0 Å². The summed E-state index contributed by atoms with van der Waals surface area (Å²) in [5.41, 5.74) is 0. The van der Waals surface area contributed by atoms with E-state index in [0.29, 0.717) is 0 Å². The van der Waals surface area contributed by atoms with Crippen molar-refractivity contribution in [3.05, 3.63) is 0 Å². The molecule has 0 rings (SSSR count). The SMILES string of the molecule is [AlH3].[AlH3].[Cu].[MgH2]. The van der Waals surface area contributed by atoms with E-state index in [2.05, 4.69) is 0 Å². The molecule has 0 nitrogen and oxygen atoms in total. The van der Waals surface area contributed by atoms with Crippen molar-refractivity contribution in [2.75, 3.05) is 0 Å². The minimum atomic E-state index is 0. The third-order valence-electron chi connectivity index (χ3n) is 0. The van der Waals surface area contributed by atoms with E-state index in [0.717, 1.165) is 0 Å². The Morgan fingerprint density at radius 2 is 0.750 bits per heavy atom. The molecule has 0 bridgehead atoms. The van der Waals surface area contributed by atoms with Gasteiger partial charge in [0.1, 0.15) is 0 Å². The molecule has 0 spiro atoms. The molecule has 0 saturated heterocycles. The quantitative estimate of drug-likeness (QED) is 0.317. The van der Waals surface area contributed by atoms with E-state index in [-0.39, 0.29) is 74.8 Å². The van der Waals surface area contributed by atoms with Crippen molar-refractivity contribution >= 4 is 57.8 Å². The van der Waals surface area contributed by atoms with Gasteiger partial charge in [-0.25, -0.2) is 0 Å². The summed E-state index contributed by atoms with van der Waals surface area (Å²) in [5, 5.41) is 0. The molecule has 27 valence electrons. The van der Waals surface area contributed by atoms with Crippen LogP contribution < -0.4 is 0 Å². The molecule has 0 saturated carbocycles. The Hall–Kier alpha value is 2.35. The van der Waals surface area contributed by atoms with Crippen molar-refractivity contribution < 1.29 is 17.1 Å². The summed E-state index contributed by atoms with van der Waals surface area (Å²) in [5.74, 6) is 0. The maximum Gasteiger partial charge on any atom is 0.316 e. The van der Waals surface area contributed by atoms with E-state index in [1.54, 1.807) is 0 Å². The van der Waals surface area contributed by atoms with Crippen LogP contribution in [0.3, 0.4) is 0 Å². The van der Waals surface area contributed by atoms with Crippen LogP contribution in [0.2, 0.25) is 0 Å². The predicted molar refractivity (Wildman–Crippen MR) is 28.4 cm³/mol. The maximum absolute atomic E-state index is 0. The summed E-state index contributed by atoms with van der Waals surface area (Å²) < 4.78 is 0. The minimum absolute atomic E-state index is 0. The average molecular weight is 150 g/mol. The second-order valence-electron chi connectivity index (χ2n) is 0. The Morgan fingerprint density at radius 1 is 0.750 bits per heavy atom. The molecule has 0 aliphatic heterocycles. The Labute approximate surface area is 74.0 Å². The molecule has 0 amide bonds. The summed E-state index contributed by atoms with van der Waals surface area (Å²) in [6.45, 7) is 0. The second-order valence-corrected chi connectivity index (χ2v) is 0. The van der Waals surface area contributed by atoms with Gasteiger partial charge in [0.05, 0.1) is 0 Å². The van der Waals surface area contributed by atoms with E-state index in [4.69, 9.17) is 0 Å². The van der Waals surface area contributed by atoms with Crippen LogP contribution in [0.1, 0.15) is 0 Å². The van der Waals surface area contributed by atoms with E-state index in [1.807, 2.05) is 0 Å². The molecule has 4 heavy (non-hydrogen) atoms. The molecule has 0 aliphatic carbocycles. The van der Waals surface area contributed by atoms with Crippen LogP contribution in [0.25, 0.3) is 0 Å². The maximum atomic E-state index is 0. The molecule has 0 N–H and O–H groups in total. The standard InChI is InChI=1S/2Al.Cu.Mg.8H. The number of rotatable bonds is 0.